The fourth-order valence-corrected chi connectivity index (χ4v) is 3.31. The van der Waals surface area contributed by atoms with E-state index in [2.05, 4.69) is 15.1 Å². The number of benzene rings is 2. The van der Waals surface area contributed by atoms with Crippen molar-refractivity contribution in [3.63, 3.8) is 0 Å². The van der Waals surface area contributed by atoms with E-state index < -0.39 is 17.5 Å². The Morgan fingerprint density at radius 2 is 1.83 bits per heavy atom. The summed E-state index contributed by atoms with van der Waals surface area (Å²) in [6.45, 7) is 1.82. The average molecular weight is 401 g/mol. The Hall–Kier alpha value is -3.29. The number of hydrogen-bond acceptors (Lipinski definition) is 5. The van der Waals surface area contributed by atoms with Crippen molar-refractivity contribution < 1.29 is 23.3 Å². The quantitative estimate of drug-likeness (QED) is 0.543. The molecule has 2 aromatic carbocycles. The third kappa shape index (κ3) is 4.59. The number of oxime groups is 2. The Kier molecular flexibility index (Phi) is 6.21. The van der Waals surface area contributed by atoms with Gasteiger partial charge in [0.25, 0.3) is 5.91 Å². The predicted octanol–water partition coefficient (Wildman–Crippen LogP) is 3.50. The molecule has 152 valence electrons. The first kappa shape index (κ1) is 20.4. The summed E-state index contributed by atoms with van der Waals surface area (Å²) in [6.07, 6.45) is 0.611. The minimum Gasteiger partial charge on any atom is -0.398 e. The SMILES string of the molecule is CON=C(C(N)=O)c1ccccc1CON=C(C)[C@@H]1C[C@H]1c1c(F)cccc1F. The lowest BCUT2D eigenvalue weighted by Crippen LogP contribution is -2.25. The van der Waals surface area contributed by atoms with Crippen molar-refractivity contribution in [2.24, 2.45) is 22.0 Å². The lowest BCUT2D eigenvalue weighted by atomic mass is 10.0. The standard InChI is InChI=1S/C21H21F2N3O3/c1-12(15-10-16(15)19-17(22)8-5-9-18(19)23)25-29-11-13-6-3-4-7-14(13)20(21(24)27)26-28-2/h3-9,15-16H,10-11H2,1-2H3,(H2,24,27)/t15-,16+/m0/s1. The maximum absolute atomic E-state index is 13.9. The van der Waals surface area contributed by atoms with Gasteiger partial charge in [-0.15, -0.1) is 0 Å². The zero-order valence-electron chi connectivity index (χ0n) is 16.1. The summed E-state index contributed by atoms with van der Waals surface area (Å²) in [5, 5.41) is 7.77. The van der Waals surface area contributed by atoms with Crippen molar-refractivity contribution in [2.75, 3.05) is 7.11 Å². The van der Waals surface area contributed by atoms with Gasteiger partial charge < -0.3 is 15.4 Å². The van der Waals surface area contributed by atoms with E-state index in [1.54, 1.807) is 31.2 Å². The number of amides is 1. The summed E-state index contributed by atoms with van der Waals surface area (Å²) >= 11 is 0. The van der Waals surface area contributed by atoms with Crippen molar-refractivity contribution in [2.45, 2.75) is 25.9 Å². The normalized spacial score (nSPS) is 19.0. The van der Waals surface area contributed by atoms with Crippen molar-refractivity contribution in [1.82, 2.24) is 0 Å². The molecule has 0 spiro atoms. The highest BCUT2D eigenvalue weighted by Gasteiger charge is 2.43. The van der Waals surface area contributed by atoms with Crippen LogP contribution in [0.15, 0.2) is 52.8 Å². The van der Waals surface area contributed by atoms with E-state index in [4.69, 9.17) is 10.6 Å². The van der Waals surface area contributed by atoms with Crippen LogP contribution in [0.5, 0.6) is 0 Å². The van der Waals surface area contributed by atoms with Crippen LogP contribution in [0.2, 0.25) is 0 Å². The van der Waals surface area contributed by atoms with Crippen molar-refractivity contribution in [3.8, 4) is 0 Å². The fraction of sp³-hybridized carbons (Fsp3) is 0.286. The van der Waals surface area contributed by atoms with Crippen LogP contribution in [0.3, 0.4) is 0 Å². The van der Waals surface area contributed by atoms with Crippen LogP contribution < -0.4 is 5.73 Å². The van der Waals surface area contributed by atoms with Crippen molar-refractivity contribution >= 4 is 17.3 Å². The van der Waals surface area contributed by atoms with Gasteiger partial charge in [-0.25, -0.2) is 8.78 Å². The van der Waals surface area contributed by atoms with Gasteiger partial charge in [0.2, 0.25) is 0 Å². The molecule has 3 rings (SSSR count). The summed E-state index contributed by atoms with van der Waals surface area (Å²) in [7, 11) is 1.32. The summed E-state index contributed by atoms with van der Waals surface area (Å²) in [6, 6.07) is 10.8. The van der Waals surface area contributed by atoms with E-state index in [0.29, 0.717) is 23.3 Å². The molecule has 2 atom stereocenters. The fourth-order valence-electron chi connectivity index (χ4n) is 3.31. The van der Waals surface area contributed by atoms with Crippen LogP contribution in [0.4, 0.5) is 8.78 Å². The number of carbonyl (C=O) groups excluding carboxylic acids is 1. The highest BCUT2D eigenvalue weighted by Crippen LogP contribution is 2.49. The summed E-state index contributed by atoms with van der Waals surface area (Å²) < 4.78 is 27.9. The molecule has 2 aromatic rings. The molecule has 0 aromatic heterocycles. The second-order valence-corrected chi connectivity index (χ2v) is 6.73. The van der Waals surface area contributed by atoms with Gasteiger partial charge in [0.15, 0.2) is 5.71 Å². The number of primary amides is 1. The van der Waals surface area contributed by atoms with Crippen LogP contribution in [-0.4, -0.2) is 24.4 Å². The number of rotatable bonds is 8. The number of nitrogens with zero attached hydrogens (tertiary/aromatic N) is 2. The number of halogens is 2. The van der Waals surface area contributed by atoms with Gasteiger partial charge >= 0.3 is 0 Å². The van der Waals surface area contributed by atoms with Gasteiger partial charge in [-0.2, -0.15) is 0 Å². The molecule has 0 heterocycles. The van der Waals surface area contributed by atoms with Crippen molar-refractivity contribution in [3.05, 3.63) is 70.8 Å². The molecule has 0 radical (unpaired) electrons. The zero-order valence-corrected chi connectivity index (χ0v) is 16.1. The van der Waals surface area contributed by atoms with E-state index >= 15 is 0 Å². The third-order valence-corrected chi connectivity index (χ3v) is 4.81. The molecule has 1 aliphatic rings. The minimum absolute atomic E-state index is 0.0234. The molecule has 0 bridgehead atoms. The van der Waals surface area contributed by atoms with Crippen LogP contribution in [0.25, 0.3) is 0 Å². The Balaban J connectivity index is 1.68. The number of nitrogens with two attached hydrogens (primary N) is 1. The Labute approximate surface area is 167 Å². The molecular formula is C21H21F2N3O3. The molecule has 0 unspecified atom stereocenters. The summed E-state index contributed by atoms with van der Waals surface area (Å²) in [5.41, 5.74) is 7.21. The van der Waals surface area contributed by atoms with E-state index in [1.165, 1.54) is 25.3 Å². The Morgan fingerprint density at radius 3 is 2.48 bits per heavy atom. The minimum atomic E-state index is -0.730. The van der Waals surface area contributed by atoms with Crippen LogP contribution in [0.1, 0.15) is 36.0 Å². The molecule has 1 fully saturated rings. The van der Waals surface area contributed by atoms with Gasteiger partial charge in [0, 0.05) is 22.6 Å². The van der Waals surface area contributed by atoms with Gasteiger partial charge in [0.05, 0.1) is 5.71 Å². The monoisotopic (exact) mass is 401 g/mol. The molecule has 1 amide bonds. The second kappa shape index (κ2) is 8.81. The number of carbonyl (C=O) groups is 1. The summed E-state index contributed by atoms with van der Waals surface area (Å²) in [5.74, 6) is -2.14. The third-order valence-electron chi connectivity index (χ3n) is 4.81. The molecule has 29 heavy (non-hydrogen) atoms. The molecule has 8 heteroatoms. The lowest BCUT2D eigenvalue weighted by Gasteiger charge is -2.09. The highest BCUT2D eigenvalue weighted by molar-refractivity contribution is 6.45. The van der Waals surface area contributed by atoms with Gasteiger partial charge in [-0.1, -0.05) is 40.6 Å². The molecule has 0 saturated heterocycles. The average Bonchev–Trinajstić information content (AvgIpc) is 3.47. The Bertz CT molecular complexity index is 955. The van der Waals surface area contributed by atoms with E-state index in [9.17, 15) is 13.6 Å². The van der Waals surface area contributed by atoms with Crippen LogP contribution in [-0.2, 0) is 21.1 Å². The molecule has 0 aliphatic heterocycles. The topological polar surface area (TPSA) is 86.3 Å². The van der Waals surface area contributed by atoms with Crippen LogP contribution in [0, 0.1) is 17.6 Å². The smallest absolute Gasteiger partial charge is 0.271 e. The highest BCUT2D eigenvalue weighted by atomic mass is 19.1. The first-order valence-electron chi connectivity index (χ1n) is 9.03. The van der Waals surface area contributed by atoms with Gasteiger partial charge in [0.1, 0.15) is 25.4 Å². The maximum atomic E-state index is 13.9. The van der Waals surface area contributed by atoms with Gasteiger partial charge in [-0.3, -0.25) is 4.79 Å². The van der Waals surface area contributed by atoms with E-state index in [1.807, 2.05) is 0 Å². The van der Waals surface area contributed by atoms with Gasteiger partial charge in [-0.05, 0) is 31.4 Å². The Morgan fingerprint density at radius 1 is 1.14 bits per heavy atom. The van der Waals surface area contributed by atoms with E-state index in [0.717, 1.165) is 0 Å². The lowest BCUT2D eigenvalue weighted by molar-refractivity contribution is -0.112. The van der Waals surface area contributed by atoms with Crippen molar-refractivity contribution in [1.29, 1.82) is 0 Å². The summed E-state index contributed by atoms with van der Waals surface area (Å²) in [4.78, 5) is 21.7. The van der Waals surface area contributed by atoms with Crippen LogP contribution >= 0.6 is 0 Å². The number of hydrogen-bond donors (Lipinski definition) is 1. The molecule has 1 aliphatic carbocycles. The molecule has 1 saturated carbocycles. The first-order valence-corrected chi connectivity index (χ1v) is 9.03. The second-order valence-electron chi connectivity index (χ2n) is 6.73. The zero-order chi connectivity index (χ0) is 21.0. The first-order chi connectivity index (χ1) is 13.9. The molecular weight excluding hydrogens is 380 g/mol. The predicted molar refractivity (Wildman–Crippen MR) is 104 cm³/mol. The maximum Gasteiger partial charge on any atom is 0.271 e. The molecule has 2 N–H and O–H groups in total. The van der Waals surface area contributed by atoms with E-state index in [-0.39, 0.29) is 29.7 Å². The largest absolute Gasteiger partial charge is 0.398 e. The molecule has 6 nitrogen and oxygen atoms in total.